The molecule has 1 N–H and O–H groups in total. The molecule has 0 radical (unpaired) electrons. The molecule has 0 aliphatic heterocycles. The van der Waals surface area contributed by atoms with Crippen molar-refractivity contribution in [2.75, 3.05) is 25.6 Å². The second-order valence-corrected chi connectivity index (χ2v) is 7.57. The second-order valence-electron chi connectivity index (χ2n) is 7.57. The van der Waals surface area contributed by atoms with Gasteiger partial charge in [0.15, 0.2) is 6.61 Å². The molecule has 0 spiro atoms. The maximum absolute atomic E-state index is 12.3. The van der Waals surface area contributed by atoms with E-state index in [1.165, 1.54) is 0 Å². The Labute approximate surface area is 182 Å². The zero-order chi connectivity index (χ0) is 22.4. The Hall–Kier alpha value is -3.61. The van der Waals surface area contributed by atoms with Gasteiger partial charge in [-0.2, -0.15) is 5.10 Å². The van der Waals surface area contributed by atoms with Gasteiger partial charge in [-0.1, -0.05) is 30.3 Å². The van der Waals surface area contributed by atoms with E-state index in [1.54, 1.807) is 0 Å². The second kappa shape index (κ2) is 9.93. The lowest BCUT2D eigenvalue weighted by molar-refractivity contribution is -0.147. The fourth-order valence-corrected chi connectivity index (χ4v) is 3.26. The Kier molecular flexibility index (Phi) is 7.07. The maximum atomic E-state index is 12.3. The largest absolute Gasteiger partial charge is 0.455 e. The number of rotatable bonds is 8. The predicted octanol–water partition coefficient (Wildman–Crippen LogP) is 2.96. The molecule has 3 aromatic rings. The lowest BCUT2D eigenvalue weighted by Gasteiger charge is -2.13. The van der Waals surface area contributed by atoms with Gasteiger partial charge in [-0.05, 0) is 43.7 Å². The number of nitrogens with zero attached hydrogens (tertiary/aromatic N) is 3. The molecule has 1 amide bonds. The monoisotopic (exact) mass is 420 g/mol. The molecule has 0 bridgehead atoms. The third-order valence-electron chi connectivity index (χ3n) is 5.07. The zero-order valence-electron chi connectivity index (χ0n) is 18.4. The van der Waals surface area contributed by atoms with Crippen LogP contribution in [-0.4, -0.2) is 42.4 Å². The van der Waals surface area contributed by atoms with Gasteiger partial charge in [0.05, 0.1) is 17.8 Å². The highest BCUT2D eigenvalue weighted by Crippen LogP contribution is 2.18. The van der Waals surface area contributed by atoms with Crippen LogP contribution in [0.3, 0.4) is 0 Å². The number of anilines is 1. The first-order valence-corrected chi connectivity index (χ1v) is 10.1. The normalized spacial score (nSPS) is 10.6. The van der Waals surface area contributed by atoms with Crippen LogP contribution < -0.4 is 10.2 Å². The number of ether oxygens (including phenoxy) is 1. The van der Waals surface area contributed by atoms with Gasteiger partial charge in [0.25, 0.3) is 5.91 Å². The van der Waals surface area contributed by atoms with E-state index in [4.69, 9.17) is 4.74 Å². The summed E-state index contributed by atoms with van der Waals surface area (Å²) in [4.78, 5) is 26.4. The van der Waals surface area contributed by atoms with Crippen molar-refractivity contribution in [3.63, 3.8) is 0 Å². The molecule has 7 heteroatoms. The number of hydrogen-bond donors (Lipinski definition) is 1. The average molecular weight is 421 g/mol. The van der Waals surface area contributed by atoms with Crippen LogP contribution >= 0.6 is 0 Å². The lowest BCUT2D eigenvalue weighted by atomic mass is 10.1. The molecule has 1 aromatic heterocycles. The van der Waals surface area contributed by atoms with Crippen LogP contribution in [0.1, 0.15) is 22.5 Å². The molecule has 0 aliphatic carbocycles. The van der Waals surface area contributed by atoms with Gasteiger partial charge in [0, 0.05) is 37.6 Å². The first kappa shape index (κ1) is 22.1. The Balaban J connectivity index is 1.50. The number of esters is 1. The smallest absolute Gasteiger partial charge is 0.310 e. The van der Waals surface area contributed by atoms with Crippen molar-refractivity contribution in [2.24, 2.45) is 0 Å². The van der Waals surface area contributed by atoms with Gasteiger partial charge in [-0.25, -0.2) is 4.68 Å². The van der Waals surface area contributed by atoms with Gasteiger partial charge in [-0.3, -0.25) is 9.59 Å². The Morgan fingerprint density at radius 2 is 1.71 bits per heavy atom. The number of aryl methyl sites for hydroxylation is 1. The van der Waals surface area contributed by atoms with Gasteiger partial charge in [0.2, 0.25) is 0 Å². The van der Waals surface area contributed by atoms with Gasteiger partial charge in [0.1, 0.15) is 0 Å². The van der Waals surface area contributed by atoms with E-state index < -0.39 is 5.97 Å². The van der Waals surface area contributed by atoms with Gasteiger partial charge in [-0.15, -0.1) is 0 Å². The van der Waals surface area contributed by atoms with Crippen LogP contribution in [-0.2, 0) is 27.3 Å². The molecule has 1 heterocycles. The molecule has 0 fully saturated rings. The summed E-state index contributed by atoms with van der Waals surface area (Å²) in [6.45, 7) is 3.86. The van der Waals surface area contributed by atoms with E-state index in [2.05, 4.69) is 10.4 Å². The summed E-state index contributed by atoms with van der Waals surface area (Å²) in [6, 6.07) is 17.6. The SMILES string of the molecule is Cc1nn(-c2ccccc2)c(C)c1CC(=O)OCC(=O)NCc1ccc(N(C)C)cc1. The fourth-order valence-electron chi connectivity index (χ4n) is 3.26. The van der Waals surface area contributed by atoms with E-state index in [0.717, 1.165) is 33.9 Å². The first-order chi connectivity index (χ1) is 14.8. The number of para-hydroxylation sites is 1. The zero-order valence-corrected chi connectivity index (χ0v) is 18.4. The standard InChI is InChI=1S/C24H28N4O3/c1-17-22(18(2)28(26-17)21-8-6-5-7-9-21)14-24(30)31-16-23(29)25-15-19-10-12-20(13-11-19)27(3)4/h5-13H,14-16H2,1-4H3,(H,25,29). The number of aromatic nitrogens is 2. The molecule has 2 aromatic carbocycles. The summed E-state index contributed by atoms with van der Waals surface area (Å²) in [6.07, 6.45) is 0.0732. The number of carbonyl (C=O) groups is 2. The van der Waals surface area contributed by atoms with Crippen molar-refractivity contribution >= 4 is 17.6 Å². The highest BCUT2D eigenvalue weighted by atomic mass is 16.5. The average Bonchev–Trinajstić information content (AvgIpc) is 3.05. The highest BCUT2D eigenvalue weighted by Gasteiger charge is 2.17. The van der Waals surface area contributed by atoms with Gasteiger partial charge < -0.3 is 15.0 Å². The third-order valence-corrected chi connectivity index (χ3v) is 5.07. The van der Waals surface area contributed by atoms with Crippen molar-refractivity contribution in [2.45, 2.75) is 26.8 Å². The van der Waals surface area contributed by atoms with Crippen molar-refractivity contribution in [3.8, 4) is 5.69 Å². The van der Waals surface area contributed by atoms with E-state index in [9.17, 15) is 9.59 Å². The summed E-state index contributed by atoms with van der Waals surface area (Å²) in [5.41, 5.74) is 5.46. The number of amides is 1. The van der Waals surface area contributed by atoms with Crippen LogP contribution in [0.2, 0.25) is 0 Å². The maximum Gasteiger partial charge on any atom is 0.310 e. The molecule has 0 saturated heterocycles. The first-order valence-electron chi connectivity index (χ1n) is 10.1. The summed E-state index contributed by atoms with van der Waals surface area (Å²) in [5.74, 6) is -0.789. The summed E-state index contributed by atoms with van der Waals surface area (Å²) in [5, 5.41) is 7.30. The van der Waals surface area contributed by atoms with Crippen LogP contribution in [0.15, 0.2) is 54.6 Å². The van der Waals surface area contributed by atoms with E-state index in [-0.39, 0.29) is 18.9 Å². The summed E-state index contributed by atoms with van der Waals surface area (Å²) >= 11 is 0. The molecule has 31 heavy (non-hydrogen) atoms. The molecule has 0 saturated carbocycles. The van der Waals surface area contributed by atoms with E-state index in [0.29, 0.717) is 6.54 Å². The molecule has 0 aliphatic rings. The molecule has 7 nitrogen and oxygen atoms in total. The topological polar surface area (TPSA) is 76.5 Å². The van der Waals surface area contributed by atoms with Crippen LogP contribution in [0.25, 0.3) is 5.69 Å². The molecule has 3 rings (SSSR count). The minimum atomic E-state index is -0.454. The van der Waals surface area contributed by atoms with Crippen LogP contribution in [0, 0.1) is 13.8 Å². The number of nitrogens with one attached hydrogen (secondary N) is 1. The molecule has 162 valence electrons. The Morgan fingerprint density at radius 1 is 1.03 bits per heavy atom. The minimum Gasteiger partial charge on any atom is -0.455 e. The summed E-state index contributed by atoms with van der Waals surface area (Å²) in [7, 11) is 3.95. The van der Waals surface area contributed by atoms with Crippen molar-refractivity contribution in [3.05, 3.63) is 77.1 Å². The van der Waals surface area contributed by atoms with Crippen molar-refractivity contribution in [1.82, 2.24) is 15.1 Å². The third kappa shape index (κ3) is 5.72. The Bertz CT molecular complexity index is 1040. The number of benzene rings is 2. The molecule has 0 unspecified atom stereocenters. The molecular weight excluding hydrogens is 392 g/mol. The molecule has 0 atom stereocenters. The van der Waals surface area contributed by atoms with Crippen LogP contribution in [0.4, 0.5) is 5.69 Å². The Morgan fingerprint density at radius 3 is 2.35 bits per heavy atom. The molecular formula is C24H28N4O3. The summed E-state index contributed by atoms with van der Waals surface area (Å²) < 4.78 is 6.99. The van der Waals surface area contributed by atoms with Crippen molar-refractivity contribution in [1.29, 1.82) is 0 Å². The van der Waals surface area contributed by atoms with Crippen LogP contribution in [0.5, 0.6) is 0 Å². The highest BCUT2D eigenvalue weighted by molar-refractivity contribution is 5.81. The quantitative estimate of drug-likeness (QED) is 0.567. The van der Waals surface area contributed by atoms with E-state index in [1.807, 2.05) is 92.1 Å². The number of hydrogen-bond acceptors (Lipinski definition) is 5. The van der Waals surface area contributed by atoms with Gasteiger partial charge >= 0.3 is 5.97 Å². The minimum absolute atomic E-state index is 0.0732. The van der Waals surface area contributed by atoms with E-state index >= 15 is 0 Å². The lowest BCUT2D eigenvalue weighted by Crippen LogP contribution is -2.28. The number of carbonyl (C=O) groups excluding carboxylic acids is 2. The van der Waals surface area contributed by atoms with Crippen molar-refractivity contribution < 1.29 is 14.3 Å². The predicted molar refractivity (Wildman–Crippen MR) is 120 cm³/mol. The fraction of sp³-hybridized carbons (Fsp3) is 0.292.